The van der Waals surface area contributed by atoms with Crippen LogP contribution >= 0.6 is 0 Å². The van der Waals surface area contributed by atoms with Crippen LogP contribution in [0.25, 0.3) is 22.2 Å². The highest BCUT2D eigenvalue weighted by molar-refractivity contribution is 6.02. The first-order valence-electron chi connectivity index (χ1n) is 12.1. The Hall–Kier alpha value is -4.00. The van der Waals surface area contributed by atoms with E-state index in [1.165, 1.54) is 6.42 Å². The van der Waals surface area contributed by atoms with Gasteiger partial charge in [-0.3, -0.25) is 4.98 Å². The van der Waals surface area contributed by atoms with Crippen LogP contribution in [0.4, 0.5) is 16.2 Å². The lowest BCUT2D eigenvalue weighted by molar-refractivity contribution is 0.250. The highest BCUT2D eigenvalue weighted by Gasteiger charge is 2.27. The van der Waals surface area contributed by atoms with Crippen molar-refractivity contribution in [3.05, 3.63) is 72.6 Å². The molecule has 4 aromatic rings. The number of benzene rings is 2. The Morgan fingerprint density at radius 3 is 2.60 bits per heavy atom. The minimum absolute atomic E-state index is 0.0741. The van der Waals surface area contributed by atoms with Gasteiger partial charge >= 0.3 is 6.03 Å². The third-order valence-electron chi connectivity index (χ3n) is 6.40. The number of amides is 2. The average molecular weight is 470 g/mol. The van der Waals surface area contributed by atoms with Crippen molar-refractivity contribution in [3.63, 3.8) is 0 Å². The summed E-state index contributed by atoms with van der Waals surface area (Å²) in [6.45, 7) is 4.27. The quantitative estimate of drug-likeness (QED) is 0.304. The molecule has 35 heavy (non-hydrogen) atoms. The van der Waals surface area contributed by atoms with Gasteiger partial charge in [0, 0.05) is 41.0 Å². The molecular weight excluding hydrogens is 438 g/mol. The number of hydrogen-bond acceptors (Lipinski definition) is 4. The van der Waals surface area contributed by atoms with Gasteiger partial charge < -0.3 is 25.7 Å². The monoisotopic (exact) mass is 469 g/mol. The molecule has 0 saturated heterocycles. The van der Waals surface area contributed by atoms with Gasteiger partial charge in [-0.05, 0) is 69.5 Å². The second-order valence-corrected chi connectivity index (χ2v) is 9.34. The van der Waals surface area contributed by atoms with Crippen LogP contribution in [0, 0.1) is 0 Å². The Labute approximate surface area is 205 Å². The number of urea groups is 1. The molecule has 0 atom stereocenters. The van der Waals surface area contributed by atoms with Crippen molar-refractivity contribution in [3.8, 4) is 17.0 Å². The number of nitrogen functional groups attached to an aromatic ring is 1. The fourth-order valence-corrected chi connectivity index (χ4v) is 4.51. The van der Waals surface area contributed by atoms with E-state index in [0.717, 1.165) is 57.8 Å². The van der Waals surface area contributed by atoms with Crippen molar-refractivity contribution in [2.24, 2.45) is 0 Å². The van der Waals surface area contributed by atoms with Crippen LogP contribution in [-0.2, 0) is 6.61 Å². The molecule has 0 unspecified atom stereocenters. The van der Waals surface area contributed by atoms with Crippen LogP contribution < -0.4 is 21.1 Å². The van der Waals surface area contributed by atoms with Crippen molar-refractivity contribution in [1.82, 2.24) is 14.9 Å². The molecule has 2 amide bonds. The molecule has 1 aliphatic carbocycles. The van der Waals surface area contributed by atoms with Gasteiger partial charge in [-0.15, -0.1) is 0 Å². The summed E-state index contributed by atoms with van der Waals surface area (Å²) in [7, 11) is 0. The van der Waals surface area contributed by atoms with Crippen LogP contribution in [0.3, 0.4) is 0 Å². The molecule has 180 valence electrons. The maximum absolute atomic E-state index is 12.1. The molecule has 0 spiro atoms. The molecular formula is C28H31N5O2. The lowest BCUT2D eigenvalue weighted by Gasteiger charge is -2.30. The van der Waals surface area contributed by atoms with Gasteiger partial charge in [0.2, 0.25) is 0 Å². The molecule has 2 aromatic heterocycles. The number of hydrogen-bond donors (Lipinski definition) is 3. The second-order valence-electron chi connectivity index (χ2n) is 9.34. The predicted octanol–water partition coefficient (Wildman–Crippen LogP) is 6.12. The topological polar surface area (TPSA) is 94.2 Å². The Bertz CT molecular complexity index is 1330. The molecule has 7 nitrogen and oxygen atoms in total. The van der Waals surface area contributed by atoms with Gasteiger partial charge in [-0.25, -0.2) is 4.79 Å². The lowest BCUT2D eigenvalue weighted by atomic mass is 9.92. The van der Waals surface area contributed by atoms with E-state index in [0.29, 0.717) is 12.6 Å². The zero-order valence-electron chi connectivity index (χ0n) is 20.1. The van der Waals surface area contributed by atoms with Crippen molar-refractivity contribution in [2.45, 2.75) is 51.8 Å². The number of rotatable bonds is 7. The summed E-state index contributed by atoms with van der Waals surface area (Å²) in [4.78, 5) is 16.4. The van der Waals surface area contributed by atoms with E-state index in [9.17, 15) is 4.79 Å². The summed E-state index contributed by atoms with van der Waals surface area (Å²) in [5, 5.41) is 6.74. The smallest absolute Gasteiger partial charge is 0.319 e. The second kappa shape index (κ2) is 9.70. The van der Waals surface area contributed by atoms with Crippen molar-refractivity contribution in [1.29, 1.82) is 0 Å². The zero-order chi connectivity index (χ0) is 24.4. The number of nitrogens with one attached hydrogen (secondary N) is 2. The van der Waals surface area contributed by atoms with E-state index in [1.54, 1.807) is 6.20 Å². The predicted molar refractivity (Wildman–Crippen MR) is 141 cm³/mol. The molecule has 0 radical (unpaired) electrons. The highest BCUT2D eigenvalue weighted by Crippen LogP contribution is 2.45. The number of carbonyl (C=O) groups is 1. The number of pyridine rings is 1. The molecule has 1 fully saturated rings. The first kappa shape index (κ1) is 22.8. The number of nitrogens with two attached hydrogens (primary N) is 1. The number of carbonyl (C=O) groups excluding carboxylic acids is 1. The first-order chi connectivity index (χ1) is 17.0. The number of fused-ring (bicyclic) bond motifs is 1. The van der Waals surface area contributed by atoms with Crippen molar-refractivity contribution >= 4 is 28.3 Å². The van der Waals surface area contributed by atoms with Crippen LogP contribution in [0.15, 0.2) is 66.9 Å². The van der Waals surface area contributed by atoms with E-state index in [2.05, 4.69) is 26.3 Å². The number of aromatic nitrogens is 2. The van der Waals surface area contributed by atoms with E-state index < -0.39 is 0 Å². The van der Waals surface area contributed by atoms with Crippen LogP contribution in [0.5, 0.6) is 5.75 Å². The minimum atomic E-state index is -0.214. The minimum Gasteiger partial charge on any atom is -0.487 e. The maximum atomic E-state index is 12.1. The van der Waals surface area contributed by atoms with Crippen molar-refractivity contribution < 1.29 is 9.53 Å². The van der Waals surface area contributed by atoms with Gasteiger partial charge in [-0.1, -0.05) is 18.2 Å². The van der Waals surface area contributed by atoms with E-state index >= 15 is 0 Å². The Morgan fingerprint density at radius 2 is 1.94 bits per heavy atom. The Kier molecular flexibility index (Phi) is 6.31. The molecule has 1 saturated carbocycles. The Morgan fingerprint density at radius 1 is 1.14 bits per heavy atom. The van der Waals surface area contributed by atoms with E-state index in [-0.39, 0.29) is 12.1 Å². The van der Waals surface area contributed by atoms with Crippen LogP contribution in [-0.4, -0.2) is 21.6 Å². The lowest BCUT2D eigenvalue weighted by Crippen LogP contribution is -2.34. The van der Waals surface area contributed by atoms with Gasteiger partial charge in [0.1, 0.15) is 12.4 Å². The summed E-state index contributed by atoms with van der Waals surface area (Å²) in [6, 6.07) is 20.0. The fraction of sp³-hybridized carbons (Fsp3) is 0.286. The summed E-state index contributed by atoms with van der Waals surface area (Å²) in [6.07, 6.45) is 5.25. The van der Waals surface area contributed by atoms with Gasteiger partial charge in [0.05, 0.1) is 22.6 Å². The molecule has 0 aliphatic heterocycles. The summed E-state index contributed by atoms with van der Waals surface area (Å²) in [5.74, 6) is 0.795. The third-order valence-corrected chi connectivity index (χ3v) is 6.40. The zero-order valence-corrected chi connectivity index (χ0v) is 20.1. The van der Waals surface area contributed by atoms with Crippen LogP contribution in [0.2, 0.25) is 0 Å². The molecule has 4 N–H and O–H groups in total. The molecule has 0 bridgehead atoms. The largest absolute Gasteiger partial charge is 0.487 e. The molecule has 2 aromatic carbocycles. The summed E-state index contributed by atoms with van der Waals surface area (Å²) < 4.78 is 8.43. The molecule has 7 heteroatoms. The average Bonchev–Trinajstić information content (AvgIpc) is 3.09. The first-order valence-corrected chi connectivity index (χ1v) is 12.1. The standard InChI is InChI=1S/C28H31N5O2/c1-18(2)31-28(34)32-20-11-9-19(10-12-20)27-26(29)24-14-13-23(35-17-21-6-3-4-15-30-21)16-25(24)33(27)22-7-5-8-22/h3-4,6,9-16,18,22H,5,7-8,17,29H2,1-2H3,(H2,31,32,34). The van der Waals surface area contributed by atoms with Gasteiger partial charge in [-0.2, -0.15) is 0 Å². The Balaban J connectivity index is 1.47. The van der Waals surface area contributed by atoms with Gasteiger partial charge in [0.15, 0.2) is 0 Å². The van der Waals surface area contributed by atoms with Crippen molar-refractivity contribution in [2.75, 3.05) is 11.1 Å². The normalized spacial score (nSPS) is 13.6. The number of ether oxygens (including phenoxy) is 1. The van der Waals surface area contributed by atoms with Crippen LogP contribution in [0.1, 0.15) is 44.8 Å². The molecule has 2 heterocycles. The summed E-state index contributed by atoms with van der Waals surface area (Å²) in [5.41, 5.74) is 12.2. The van der Waals surface area contributed by atoms with Gasteiger partial charge in [0.25, 0.3) is 0 Å². The fourth-order valence-electron chi connectivity index (χ4n) is 4.51. The molecule has 1 aliphatic rings. The SMILES string of the molecule is CC(C)NC(=O)Nc1ccc(-c2c(N)c3ccc(OCc4ccccn4)cc3n2C2CCC2)cc1. The maximum Gasteiger partial charge on any atom is 0.319 e. The molecule has 5 rings (SSSR count). The summed E-state index contributed by atoms with van der Waals surface area (Å²) >= 11 is 0. The van der Waals surface area contributed by atoms with E-state index in [4.69, 9.17) is 10.5 Å². The highest BCUT2D eigenvalue weighted by atomic mass is 16.5. The number of anilines is 2. The number of nitrogens with zero attached hydrogens (tertiary/aromatic N) is 2. The third kappa shape index (κ3) is 4.80. The van der Waals surface area contributed by atoms with E-state index in [1.807, 2.05) is 68.4 Å².